The highest BCUT2D eigenvalue weighted by atomic mass is 35.5. The average molecular weight is 468 g/mol. The Hall–Kier alpha value is -3.91. The third kappa shape index (κ3) is 6.78. The molecule has 0 saturated heterocycles. The SMILES string of the molecule is CN(CC(=O)Nc1ccccc1Cl)C(=O)COC(=O)CNC(=O)c1ccc2ccccc2c1. The Kier molecular flexibility index (Phi) is 7.99. The average Bonchev–Trinajstić information content (AvgIpc) is 2.82. The normalized spacial score (nSPS) is 10.4. The van der Waals surface area contributed by atoms with Gasteiger partial charge < -0.3 is 20.3 Å². The summed E-state index contributed by atoms with van der Waals surface area (Å²) >= 11 is 5.99. The van der Waals surface area contributed by atoms with Crippen molar-refractivity contribution in [2.24, 2.45) is 0 Å². The Balaban J connectivity index is 1.41. The summed E-state index contributed by atoms with van der Waals surface area (Å²) in [6.45, 7) is -1.20. The van der Waals surface area contributed by atoms with Gasteiger partial charge in [0.15, 0.2) is 6.61 Å². The number of para-hydroxylation sites is 1. The van der Waals surface area contributed by atoms with Crippen LogP contribution in [0.15, 0.2) is 66.7 Å². The summed E-state index contributed by atoms with van der Waals surface area (Å²) in [6.07, 6.45) is 0. The molecule has 0 heterocycles. The Morgan fingerprint density at radius 1 is 0.939 bits per heavy atom. The fourth-order valence-electron chi connectivity index (χ4n) is 2.94. The van der Waals surface area contributed by atoms with Gasteiger partial charge in [-0.05, 0) is 35.0 Å². The van der Waals surface area contributed by atoms with Crippen LogP contribution in [-0.4, -0.2) is 55.3 Å². The molecule has 0 aliphatic carbocycles. The van der Waals surface area contributed by atoms with Crippen molar-refractivity contribution in [2.75, 3.05) is 32.1 Å². The van der Waals surface area contributed by atoms with E-state index in [9.17, 15) is 19.2 Å². The lowest BCUT2D eigenvalue weighted by Crippen LogP contribution is -2.38. The second-order valence-electron chi connectivity index (χ2n) is 7.18. The number of rotatable bonds is 8. The Morgan fingerprint density at radius 3 is 2.39 bits per heavy atom. The first kappa shape index (κ1) is 23.7. The fourth-order valence-corrected chi connectivity index (χ4v) is 3.13. The first-order valence-corrected chi connectivity index (χ1v) is 10.4. The molecule has 170 valence electrons. The maximum atomic E-state index is 12.3. The number of esters is 1. The number of anilines is 1. The van der Waals surface area contributed by atoms with Gasteiger partial charge in [-0.2, -0.15) is 0 Å². The lowest BCUT2D eigenvalue weighted by molar-refractivity contribution is -0.150. The van der Waals surface area contributed by atoms with Crippen LogP contribution >= 0.6 is 11.6 Å². The first-order valence-electron chi connectivity index (χ1n) is 10.0. The molecule has 8 nitrogen and oxygen atoms in total. The number of benzene rings is 3. The van der Waals surface area contributed by atoms with E-state index in [-0.39, 0.29) is 6.54 Å². The quantitative estimate of drug-likeness (QED) is 0.496. The third-order valence-electron chi connectivity index (χ3n) is 4.72. The minimum atomic E-state index is -0.772. The Morgan fingerprint density at radius 2 is 1.64 bits per heavy atom. The standard InChI is InChI=1S/C24H22ClN3O5/c1-28(14-21(29)27-20-9-5-4-8-19(20)25)22(30)15-33-23(31)13-26-24(32)18-11-10-16-6-2-3-7-17(16)12-18/h2-12H,13-15H2,1H3,(H,26,32)(H,27,29). The number of halogens is 1. The number of hydrogen-bond acceptors (Lipinski definition) is 5. The molecule has 0 aliphatic rings. The van der Waals surface area contributed by atoms with Crippen LogP contribution in [0.2, 0.25) is 5.02 Å². The summed E-state index contributed by atoms with van der Waals surface area (Å²) < 4.78 is 4.90. The molecular formula is C24H22ClN3O5. The number of carbonyl (C=O) groups is 4. The van der Waals surface area contributed by atoms with Crippen molar-refractivity contribution < 1.29 is 23.9 Å². The maximum Gasteiger partial charge on any atom is 0.325 e. The lowest BCUT2D eigenvalue weighted by atomic mass is 10.1. The zero-order valence-corrected chi connectivity index (χ0v) is 18.6. The van der Waals surface area contributed by atoms with Crippen LogP contribution in [0.1, 0.15) is 10.4 Å². The molecule has 9 heteroatoms. The number of hydrogen-bond donors (Lipinski definition) is 2. The van der Waals surface area contributed by atoms with Crippen LogP contribution in [0, 0.1) is 0 Å². The molecule has 0 spiro atoms. The van der Waals surface area contributed by atoms with E-state index in [1.165, 1.54) is 7.05 Å². The van der Waals surface area contributed by atoms with E-state index in [0.717, 1.165) is 15.7 Å². The number of ether oxygens (including phenoxy) is 1. The highest BCUT2D eigenvalue weighted by molar-refractivity contribution is 6.33. The maximum absolute atomic E-state index is 12.3. The summed E-state index contributed by atoms with van der Waals surface area (Å²) in [6, 6.07) is 19.5. The van der Waals surface area contributed by atoms with Gasteiger partial charge in [-0.1, -0.05) is 54.1 Å². The Bertz CT molecular complexity index is 1200. The van der Waals surface area contributed by atoms with E-state index in [0.29, 0.717) is 16.3 Å². The summed E-state index contributed by atoms with van der Waals surface area (Å²) in [5.74, 6) is -2.23. The van der Waals surface area contributed by atoms with Crippen LogP contribution in [0.4, 0.5) is 5.69 Å². The summed E-state index contributed by atoms with van der Waals surface area (Å²) in [7, 11) is 1.41. The molecule has 0 fully saturated rings. The highest BCUT2D eigenvalue weighted by Crippen LogP contribution is 2.20. The molecule has 33 heavy (non-hydrogen) atoms. The summed E-state index contributed by atoms with van der Waals surface area (Å²) in [5.41, 5.74) is 0.834. The van der Waals surface area contributed by atoms with Crippen LogP contribution in [0.5, 0.6) is 0 Å². The molecule has 3 amide bonds. The number of amides is 3. The smallest absolute Gasteiger partial charge is 0.325 e. The largest absolute Gasteiger partial charge is 0.454 e. The van der Waals surface area contributed by atoms with Gasteiger partial charge >= 0.3 is 5.97 Å². The van der Waals surface area contributed by atoms with E-state index in [1.807, 2.05) is 30.3 Å². The molecule has 3 aromatic carbocycles. The van der Waals surface area contributed by atoms with Gasteiger partial charge in [-0.15, -0.1) is 0 Å². The summed E-state index contributed by atoms with van der Waals surface area (Å²) in [4.78, 5) is 49.6. The van der Waals surface area contributed by atoms with Gasteiger partial charge in [0.1, 0.15) is 6.54 Å². The predicted molar refractivity (Wildman–Crippen MR) is 125 cm³/mol. The number of carbonyl (C=O) groups excluding carboxylic acids is 4. The van der Waals surface area contributed by atoms with Gasteiger partial charge in [0.2, 0.25) is 5.91 Å². The van der Waals surface area contributed by atoms with Crippen molar-refractivity contribution in [2.45, 2.75) is 0 Å². The number of nitrogens with zero attached hydrogens (tertiary/aromatic N) is 1. The van der Waals surface area contributed by atoms with Crippen molar-refractivity contribution in [3.8, 4) is 0 Å². The first-order chi connectivity index (χ1) is 15.8. The van der Waals surface area contributed by atoms with Crippen molar-refractivity contribution in [3.63, 3.8) is 0 Å². The third-order valence-corrected chi connectivity index (χ3v) is 5.05. The van der Waals surface area contributed by atoms with Gasteiger partial charge in [0.25, 0.3) is 11.8 Å². The Labute approximate surface area is 195 Å². The zero-order chi connectivity index (χ0) is 23.8. The van der Waals surface area contributed by atoms with Crippen molar-refractivity contribution in [1.29, 1.82) is 0 Å². The number of fused-ring (bicyclic) bond motifs is 1. The van der Waals surface area contributed by atoms with Gasteiger partial charge in [0.05, 0.1) is 17.3 Å². The van der Waals surface area contributed by atoms with Crippen LogP contribution < -0.4 is 10.6 Å². The summed E-state index contributed by atoms with van der Waals surface area (Å²) in [5, 5.41) is 7.34. The minimum Gasteiger partial charge on any atom is -0.454 e. The molecule has 3 rings (SSSR count). The minimum absolute atomic E-state index is 0.250. The second-order valence-corrected chi connectivity index (χ2v) is 7.59. The molecule has 0 saturated carbocycles. The molecule has 0 radical (unpaired) electrons. The van der Waals surface area contributed by atoms with E-state index >= 15 is 0 Å². The van der Waals surface area contributed by atoms with Crippen molar-refractivity contribution >= 4 is 51.8 Å². The van der Waals surface area contributed by atoms with E-state index in [1.54, 1.807) is 36.4 Å². The molecule has 0 aliphatic heterocycles. The predicted octanol–water partition coefficient (Wildman–Crippen LogP) is 2.86. The number of nitrogens with one attached hydrogen (secondary N) is 2. The van der Waals surface area contributed by atoms with Crippen molar-refractivity contribution in [3.05, 3.63) is 77.3 Å². The van der Waals surface area contributed by atoms with Crippen LogP contribution in [-0.2, 0) is 19.1 Å². The topological polar surface area (TPSA) is 105 Å². The molecular weight excluding hydrogens is 446 g/mol. The highest BCUT2D eigenvalue weighted by Gasteiger charge is 2.16. The van der Waals surface area contributed by atoms with E-state index in [4.69, 9.17) is 16.3 Å². The van der Waals surface area contributed by atoms with Crippen molar-refractivity contribution in [1.82, 2.24) is 10.2 Å². The molecule has 0 atom stereocenters. The lowest BCUT2D eigenvalue weighted by Gasteiger charge is -2.17. The molecule has 2 N–H and O–H groups in total. The monoisotopic (exact) mass is 467 g/mol. The number of likely N-dealkylation sites (N-methyl/N-ethyl adjacent to an activating group) is 1. The molecule has 0 unspecified atom stereocenters. The fraction of sp³-hybridized carbons (Fsp3) is 0.167. The van der Waals surface area contributed by atoms with Gasteiger partial charge in [0, 0.05) is 12.6 Å². The second kappa shape index (κ2) is 11.1. The van der Waals surface area contributed by atoms with E-state index < -0.39 is 36.8 Å². The zero-order valence-electron chi connectivity index (χ0n) is 17.8. The van der Waals surface area contributed by atoms with Gasteiger partial charge in [-0.3, -0.25) is 19.2 Å². The molecule has 3 aromatic rings. The van der Waals surface area contributed by atoms with Crippen LogP contribution in [0.3, 0.4) is 0 Å². The van der Waals surface area contributed by atoms with E-state index in [2.05, 4.69) is 10.6 Å². The molecule has 0 aromatic heterocycles. The van der Waals surface area contributed by atoms with Crippen LogP contribution in [0.25, 0.3) is 10.8 Å². The van der Waals surface area contributed by atoms with Gasteiger partial charge in [-0.25, -0.2) is 0 Å². The molecule has 0 bridgehead atoms.